The van der Waals surface area contributed by atoms with E-state index in [9.17, 15) is 18.0 Å². The van der Waals surface area contributed by atoms with E-state index >= 15 is 0 Å². The number of fused-ring (bicyclic) bond motifs is 3. The Morgan fingerprint density at radius 2 is 2.00 bits per heavy atom. The molecule has 1 amide bonds. The molecule has 37 heavy (non-hydrogen) atoms. The fourth-order valence-electron chi connectivity index (χ4n) is 5.62. The van der Waals surface area contributed by atoms with Crippen molar-refractivity contribution in [3.63, 3.8) is 0 Å². The molecule has 1 aromatic carbocycles. The lowest BCUT2D eigenvalue weighted by Gasteiger charge is -2.39. The Kier molecular flexibility index (Phi) is 8.35. The molecule has 204 valence electrons. The Balaban J connectivity index is 1.55. The number of sulfonamides is 1. The zero-order valence-corrected chi connectivity index (χ0v) is 23.7. The van der Waals surface area contributed by atoms with E-state index in [1.807, 2.05) is 29.3 Å². The van der Waals surface area contributed by atoms with E-state index in [2.05, 4.69) is 40.8 Å². The highest BCUT2D eigenvalue weighted by atomic mass is 32.2. The first kappa shape index (κ1) is 27.7. The Hall–Kier alpha value is -2.37. The number of amides is 1. The average Bonchev–Trinajstić information content (AvgIpc) is 3.44. The number of hydrogen-bond donors (Lipinski definition) is 3. The minimum atomic E-state index is -3.39. The van der Waals surface area contributed by atoms with Gasteiger partial charge in [0.1, 0.15) is 0 Å². The monoisotopic (exact) mass is 550 g/mol. The third-order valence-electron chi connectivity index (χ3n) is 7.25. The zero-order valence-electron chi connectivity index (χ0n) is 22.1. The van der Waals surface area contributed by atoms with E-state index in [1.165, 1.54) is 7.11 Å². The third kappa shape index (κ3) is 6.21. The van der Waals surface area contributed by atoms with Crippen LogP contribution in [-0.2, 0) is 24.3 Å². The number of allylic oxidation sites excluding steroid dienone is 1. The summed E-state index contributed by atoms with van der Waals surface area (Å²) in [5.74, 6) is 0.136. The van der Waals surface area contributed by atoms with Gasteiger partial charge in [-0.05, 0) is 61.1 Å². The first-order chi connectivity index (χ1) is 17.5. The number of nitrogens with one attached hydrogen (secondary N) is 3. The summed E-state index contributed by atoms with van der Waals surface area (Å²) in [6, 6.07) is 5.18. The summed E-state index contributed by atoms with van der Waals surface area (Å²) in [6.45, 7) is 6.81. The number of nitrogens with zero attached hydrogens (tertiary/aromatic N) is 1. The maximum atomic E-state index is 13.8. The predicted molar refractivity (Wildman–Crippen MR) is 149 cm³/mol. The van der Waals surface area contributed by atoms with Crippen molar-refractivity contribution in [2.75, 3.05) is 29.9 Å². The molecule has 3 N–H and O–H groups in total. The van der Waals surface area contributed by atoms with Crippen LogP contribution in [0.5, 0.6) is 0 Å². The smallest absolute Gasteiger partial charge is 0.311 e. The maximum Gasteiger partial charge on any atom is 0.311 e. The summed E-state index contributed by atoms with van der Waals surface area (Å²) < 4.78 is 34.5. The Labute approximate surface area is 222 Å². The van der Waals surface area contributed by atoms with Crippen molar-refractivity contribution in [1.29, 1.82) is 0 Å². The van der Waals surface area contributed by atoms with Crippen LogP contribution in [0.25, 0.3) is 0 Å². The molecule has 1 heterocycles. The summed E-state index contributed by atoms with van der Waals surface area (Å²) in [5, 5.41) is 5.44. The van der Waals surface area contributed by atoms with Crippen molar-refractivity contribution in [3.05, 3.63) is 30.4 Å². The average molecular weight is 551 g/mol. The van der Waals surface area contributed by atoms with Gasteiger partial charge in [-0.15, -0.1) is 0 Å². The first-order valence-corrected chi connectivity index (χ1v) is 15.9. The second kappa shape index (κ2) is 11.2. The SMILES string of the molecule is C/C=S1/NC(CC(=O)N(CCC(C)C)C2C3C=CC(C3)C2C(=O)OC)Nc2ccc(NS(C)(=O)=O)cc21. The number of rotatable bonds is 9. The van der Waals surface area contributed by atoms with E-state index in [1.54, 1.807) is 6.07 Å². The molecule has 0 spiro atoms. The highest BCUT2D eigenvalue weighted by Crippen LogP contribution is 2.47. The van der Waals surface area contributed by atoms with Gasteiger partial charge >= 0.3 is 5.97 Å². The summed E-state index contributed by atoms with van der Waals surface area (Å²) in [6.07, 6.45) is 7.03. The molecule has 0 radical (unpaired) electrons. The van der Waals surface area contributed by atoms with Crippen LogP contribution in [0.3, 0.4) is 0 Å². The fourth-order valence-corrected chi connectivity index (χ4v) is 7.76. The number of carbonyl (C=O) groups is 2. The van der Waals surface area contributed by atoms with E-state index in [4.69, 9.17) is 4.74 Å². The summed E-state index contributed by atoms with van der Waals surface area (Å²) in [7, 11) is -2.45. The van der Waals surface area contributed by atoms with Gasteiger partial charge in [0.2, 0.25) is 15.9 Å². The number of anilines is 2. The van der Waals surface area contributed by atoms with Crippen LogP contribution in [0.1, 0.15) is 40.0 Å². The van der Waals surface area contributed by atoms with Crippen LogP contribution in [0.15, 0.2) is 35.2 Å². The highest BCUT2D eigenvalue weighted by molar-refractivity contribution is 8.13. The Morgan fingerprint density at radius 3 is 2.65 bits per heavy atom. The maximum absolute atomic E-state index is 13.8. The van der Waals surface area contributed by atoms with Gasteiger partial charge in [0, 0.05) is 22.8 Å². The van der Waals surface area contributed by atoms with Gasteiger partial charge in [0.05, 0.1) is 37.9 Å². The van der Waals surface area contributed by atoms with Crippen LogP contribution in [-0.4, -0.2) is 62.7 Å². The number of esters is 1. The molecular weight excluding hydrogens is 512 g/mol. The van der Waals surface area contributed by atoms with Crippen LogP contribution in [0.2, 0.25) is 0 Å². The van der Waals surface area contributed by atoms with Crippen molar-refractivity contribution < 1.29 is 22.7 Å². The van der Waals surface area contributed by atoms with Crippen molar-refractivity contribution in [2.24, 2.45) is 23.7 Å². The highest BCUT2D eigenvalue weighted by Gasteiger charge is 2.52. The number of methoxy groups -OCH3 is 1. The summed E-state index contributed by atoms with van der Waals surface area (Å²) in [5.41, 5.74) is 1.36. The molecule has 0 aromatic heterocycles. The van der Waals surface area contributed by atoms with Gasteiger partial charge in [0.25, 0.3) is 0 Å². The largest absolute Gasteiger partial charge is 0.469 e. The minimum absolute atomic E-state index is 0.00368. The Bertz CT molecular complexity index is 1210. The van der Waals surface area contributed by atoms with Gasteiger partial charge in [-0.1, -0.05) is 36.7 Å². The molecule has 2 bridgehead atoms. The van der Waals surface area contributed by atoms with Gasteiger partial charge in [-0.25, -0.2) is 13.1 Å². The Morgan fingerprint density at radius 1 is 1.27 bits per heavy atom. The quantitative estimate of drug-likeness (QED) is 0.245. The predicted octanol–water partition coefficient (Wildman–Crippen LogP) is 3.39. The fraction of sp³-hybridized carbons (Fsp3) is 0.577. The summed E-state index contributed by atoms with van der Waals surface area (Å²) >= 11 is 0. The van der Waals surface area contributed by atoms with Crippen LogP contribution < -0.4 is 14.8 Å². The molecule has 1 saturated carbocycles. The molecule has 9 nitrogen and oxygen atoms in total. The molecule has 3 aliphatic rings. The van der Waals surface area contributed by atoms with Crippen molar-refractivity contribution in [3.8, 4) is 0 Å². The number of hydrogen-bond acceptors (Lipinski definition) is 7. The molecule has 1 fully saturated rings. The molecule has 6 unspecified atom stereocenters. The molecule has 0 saturated heterocycles. The second-order valence-electron chi connectivity index (χ2n) is 10.4. The lowest BCUT2D eigenvalue weighted by molar-refractivity contribution is -0.150. The van der Waals surface area contributed by atoms with Gasteiger partial charge in [-0.3, -0.25) is 14.3 Å². The third-order valence-corrected chi connectivity index (χ3v) is 9.68. The van der Waals surface area contributed by atoms with Crippen molar-refractivity contribution >= 4 is 49.3 Å². The number of ether oxygens (including phenoxy) is 1. The van der Waals surface area contributed by atoms with Gasteiger partial charge in [0.15, 0.2) is 0 Å². The topological polar surface area (TPSA) is 117 Å². The van der Waals surface area contributed by atoms with Crippen LogP contribution >= 0.6 is 10.7 Å². The second-order valence-corrected chi connectivity index (χ2v) is 14.0. The molecule has 6 atom stereocenters. The normalized spacial score (nSPS) is 28.2. The minimum Gasteiger partial charge on any atom is -0.469 e. The molecule has 4 rings (SSSR count). The molecule has 11 heteroatoms. The van der Waals surface area contributed by atoms with E-state index in [0.717, 1.165) is 29.7 Å². The van der Waals surface area contributed by atoms with Gasteiger partial charge < -0.3 is 15.0 Å². The van der Waals surface area contributed by atoms with Crippen LogP contribution in [0, 0.1) is 23.7 Å². The first-order valence-electron chi connectivity index (χ1n) is 12.7. The van der Waals surface area contributed by atoms with E-state index in [0.29, 0.717) is 18.2 Å². The molecular formula is C26H38N4O5S2. The molecule has 2 aliphatic carbocycles. The lowest BCUT2D eigenvalue weighted by atomic mass is 9.87. The number of carbonyl (C=O) groups excluding carboxylic acids is 2. The van der Waals surface area contributed by atoms with E-state index < -0.39 is 20.7 Å². The summed E-state index contributed by atoms with van der Waals surface area (Å²) in [4.78, 5) is 29.4. The lowest BCUT2D eigenvalue weighted by Crippen LogP contribution is -2.52. The van der Waals surface area contributed by atoms with Gasteiger partial charge in [-0.2, -0.15) is 0 Å². The number of benzene rings is 1. The van der Waals surface area contributed by atoms with E-state index in [-0.39, 0.29) is 48.3 Å². The van der Waals surface area contributed by atoms with Crippen molar-refractivity contribution in [2.45, 2.75) is 57.1 Å². The zero-order chi connectivity index (χ0) is 26.9. The standard InChI is InChI=1S/C26H38N4O5S2/c1-6-36-21-14-19(29-37(5,33)34)9-10-20(21)27-22(28-36)15-23(31)30(12-11-16(2)3)25-18-8-7-17(13-18)24(25)26(32)35-4/h6-10,14,16-18,22,24-25,27-29H,11-13,15H2,1-5H3. The van der Waals surface area contributed by atoms with Crippen molar-refractivity contribution in [1.82, 2.24) is 9.62 Å². The molecule has 1 aromatic rings. The molecule has 1 aliphatic heterocycles. The van der Waals surface area contributed by atoms with Crippen LogP contribution in [0.4, 0.5) is 11.4 Å².